The van der Waals surface area contributed by atoms with E-state index in [4.69, 9.17) is 23.7 Å². The summed E-state index contributed by atoms with van der Waals surface area (Å²) < 4.78 is 30.5. The number of fused-ring (bicyclic) bond motifs is 5. The molecule has 0 aromatic heterocycles. The average Bonchev–Trinajstić information content (AvgIpc) is 3.22. The first-order chi connectivity index (χ1) is 17.2. The Bertz CT molecular complexity index is 860. The van der Waals surface area contributed by atoms with Gasteiger partial charge in [-0.2, -0.15) is 0 Å². The summed E-state index contributed by atoms with van der Waals surface area (Å²) in [5.74, 6) is 3.44. The predicted molar refractivity (Wildman–Crippen MR) is 135 cm³/mol. The lowest BCUT2D eigenvalue weighted by Crippen LogP contribution is -2.46. The fourth-order valence-corrected chi connectivity index (χ4v) is 8.27. The monoisotopic (exact) mass is 484 g/mol. The molecule has 194 valence electrons. The van der Waals surface area contributed by atoms with Crippen molar-refractivity contribution in [2.75, 3.05) is 26.9 Å². The second kappa shape index (κ2) is 10.3. The van der Waals surface area contributed by atoms with Crippen LogP contribution >= 0.6 is 0 Å². The van der Waals surface area contributed by atoms with Gasteiger partial charge < -0.3 is 23.7 Å². The first-order valence-corrected chi connectivity index (χ1v) is 14.3. The van der Waals surface area contributed by atoms with Gasteiger partial charge in [-0.1, -0.05) is 13.0 Å². The van der Waals surface area contributed by atoms with E-state index in [1.165, 1.54) is 56.9 Å². The van der Waals surface area contributed by atoms with Crippen LogP contribution in [0.2, 0.25) is 0 Å². The van der Waals surface area contributed by atoms with Gasteiger partial charge in [-0.25, -0.2) is 0 Å². The van der Waals surface area contributed by atoms with Crippen LogP contribution in [0.15, 0.2) is 18.2 Å². The summed E-state index contributed by atoms with van der Waals surface area (Å²) in [6.45, 7) is 4.97. The van der Waals surface area contributed by atoms with Gasteiger partial charge in [0.1, 0.15) is 5.75 Å². The minimum Gasteiger partial charge on any atom is -0.465 e. The maximum Gasteiger partial charge on any atom is 0.199 e. The largest absolute Gasteiger partial charge is 0.465 e. The molecule has 0 amide bonds. The minimum absolute atomic E-state index is 0.0157. The molecule has 8 atom stereocenters. The first kappa shape index (κ1) is 24.2. The molecule has 35 heavy (non-hydrogen) atoms. The Morgan fingerprint density at radius 3 is 2.46 bits per heavy atom. The molecule has 0 bridgehead atoms. The summed E-state index contributed by atoms with van der Waals surface area (Å²) in [5, 5.41) is 0. The van der Waals surface area contributed by atoms with E-state index in [1.54, 1.807) is 5.56 Å². The number of hydrogen-bond donors (Lipinski definition) is 0. The lowest BCUT2D eigenvalue weighted by atomic mass is 9.54. The Kier molecular flexibility index (Phi) is 7.14. The normalized spacial score (nSPS) is 41.0. The molecule has 0 radical (unpaired) electrons. The third-order valence-corrected chi connectivity index (χ3v) is 10.0. The molecule has 3 aliphatic carbocycles. The van der Waals surface area contributed by atoms with Crippen LogP contribution in [0, 0.1) is 17.3 Å². The van der Waals surface area contributed by atoms with Crippen molar-refractivity contribution in [2.24, 2.45) is 17.3 Å². The van der Waals surface area contributed by atoms with Gasteiger partial charge in [0.2, 0.25) is 0 Å². The van der Waals surface area contributed by atoms with Gasteiger partial charge >= 0.3 is 0 Å². The van der Waals surface area contributed by atoms with Crippen LogP contribution in [-0.4, -0.2) is 45.6 Å². The van der Waals surface area contributed by atoms with Crippen molar-refractivity contribution >= 4 is 0 Å². The number of hydrogen-bond acceptors (Lipinski definition) is 5. The smallest absolute Gasteiger partial charge is 0.199 e. The number of benzene rings is 1. The predicted octanol–water partition coefficient (Wildman–Crippen LogP) is 6.55. The molecule has 7 unspecified atom stereocenters. The number of rotatable bonds is 6. The third-order valence-electron chi connectivity index (χ3n) is 10.0. The van der Waals surface area contributed by atoms with Crippen LogP contribution in [0.1, 0.15) is 101 Å². The SMILES string of the molecule is COCC1CC2C(CC[C@]3(C)C(OC4CCCCO4)CCC23)c2ccc(OC3CCCCO3)cc21. The number of methoxy groups -OCH3 is 1. The molecule has 0 N–H and O–H groups in total. The lowest BCUT2D eigenvalue weighted by molar-refractivity contribution is -0.213. The highest BCUT2D eigenvalue weighted by Gasteiger charge is 2.56. The van der Waals surface area contributed by atoms with Gasteiger partial charge in [0.25, 0.3) is 0 Å². The van der Waals surface area contributed by atoms with E-state index in [0.717, 1.165) is 44.8 Å². The molecule has 5 aliphatic rings. The zero-order valence-electron chi connectivity index (χ0n) is 21.7. The molecule has 1 aromatic rings. The number of ether oxygens (including phenoxy) is 5. The molecular weight excluding hydrogens is 440 g/mol. The highest BCUT2D eigenvalue weighted by atomic mass is 16.7. The van der Waals surface area contributed by atoms with Gasteiger partial charge in [0.15, 0.2) is 12.6 Å². The van der Waals surface area contributed by atoms with E-state index in [0.29, 0.717) is 29.8 Å². The third kappa shape index (κ3) is 4.67. The molecule has 5 heteroatoms. The van der Waals surface area contributed by atoms with E-state index >= 15 is 0 Å². The fraction of sp³-hybridized carbons (Fsp3) is 0.800. The van der Waals surface area contributed by atoms with Crippen LogP contribution in [0.5, 0.6) is 5.75 Å². The van der Waals surface area contributed by atoms with Crippen molar-refractivity contribution < 1.29 is 23.7 Å². The van der Waals surface area contributed by atoms with Crippen LogP contribution in [0.25, 0.3) is 0 Å². The highest BCUT2D eigenvalue weighted by Crippen LogP contribution is 2.63. The topological polar surface area (TPSA) is 46.2 Å². The van der Waals surface area contributed by atoms with Gasteiger partial charge in [-0.3, -0.25) is 0 Å². The van der Waals surface area contributed by atoms with Crippen LogP contribution < -0.4 is 4.74 Å². The summed E-state index contributed by atoms with van der Waals surface area (Å²) in [5.41, 5.74) is 3.26. The summed E-state index contributed by atoms with van der Waals surface area (Å²) in [4.78, 5) is 0. The van der Waals surface area contributed by atoms with E-state index in [-0.39, 0.29) is 18.0 Å². The fourth-order valence-electron chi connectivity index (χ4n) is 8.27. The van der Waals surface area contributed by atoms with E-state index in [1.807, 2.05) is 7.11 Å². The van der Waals surface area contributed by atoms with E-state index in [2.05, 4.69) is 25.1 Å². The Morgan fingerprint density at radius 1 is 0.914 bits per heavy atom. The minimum atomic E-state index is -0.0991. The molecule has 0 spiro atoms. The summed E-state index contributed by atoms with van der Waals surface area (Å²) in [7, 11) is 1.84. The Morgan fingerprint density at radius 2 is 1.71 bits per heavy atom. The molecular formula is C30H44O5. The molecule has 4 fully saturated rings. The summed E-state index contributed by atoms with van der Waals surface area (Å²) in [6.07, 6.45) is 13.2. The van der Waals surface area contributed by atoms with Gasteiger partial charge in [0.05, 0.1) is 19.3 Å². The zero-order valence-corrected chi connectivity index (χ0v) is 21.7. The standard InChI is InChI=1S/C30H44O5/c1-30-14-13-23-22-10-9-21(34-28-7-3-5-15-32-28)18-24(22)20(19-31-2)17-25(23)26(30)11-12-27(30)35-29-8-4-6-16-33-29/h9-10,18,20,23,25-29H,3-8,11-17,19H2,1-2H3/t20?,23?,25?,26?,27?,28?,29?,30-/m0/s1. The lowest BCUT2D eigenvalue weighted by Gasteiger charge is -2.52. The Hall–Kier alpha value is -1.14. The van der Waals surface area contributed by atoms with Crippen LogP contribution in [0.4, 0.5) is 0 Å². The second-order valence-corrected chi connectivity index (χ2v) is 12.0. The maximum absolute atomic E-state index is 6.66. The second-order valence-electron chi connectivity index (χ2n) is 12.0. The van der Waals surface area contributed by atoms with E-state index in [9.17, 15) is 0 Å². The molecule has 2 saturated carbocycles. The Balaban J connectivity index is 1.22. The summed E-state index contributed by atoms with van der Waals surface area (Å²) >= 11 is 0. The summed E-state index contributed by atoms with van der Waals surface area (Å²) in [6, 6.07) is 6.87. The van der Waals surface area contributed by atoms with E-state index < -0.39 is 0 Å². The van der Waals surface area contributed by atoms with Crippen molar-refractivity contribution in [3.63, 3.8) is 0 Å². The van der Waals surface area contributed by atoms with Crippen LogP contribution in [0.3, 0.4) is 0 Å². The van der Waals surface area contributed by atoms with Crippen molar-refractivity contribution in [2.45, 2.75) is 108 Å². The van der Waals surface area contributed by atoms with Gasteiger partial charge in [0, 0.05) is 26.1 Å². The Labute approximate surface area is 211 Å². The van der Waals surface area contributed by atoms with Crippen molar-refractivity contribution in [3.8, 4) is 5.75 Å². The van der Waals surface area contributed by atoms with Gasteiger partial charge in [-0.15, -0.1) is 0 Å². The first-order valence-electron chi connectivity index (χ1n) is 14.3. The molecule has 2 aliphatic heterocycles. The van der Waals surface area contributed by atoms with Gasteiger partial charge in [-0.05, 0) is 111 Å². The molecule has 2 heterocycles. The van der Waals surface area contributed by atoms with Crippen molar-refractivity contribution in [1.29, 1.82) is 0 Å². The maximum atomic E-state index is 6.66. The van der Waals surface area contributed by atoms with Crippen LogP contribution in [-0.2, 0) is 18.9 Å². The molecule has 5 nitrogen and oxygen atoms in total. The highest BCUT2D eigenvalue weighted by molar-refractivity contribution is 5.43. The van der Waals surface area contributed by atoms with Crippen molar-refractivity contribution in [3.05, 3.63) is 29.3 Å². The van der Waals surface area contributed by atoms with Crippen molar-refractivity contribution in [1.82, 2.24) is 0 Å². The molecule has 2 saturated heterocycles. The molecule has 1 aromatic carbocycles. The molecule has 6 rings (SSSR count). The quantitative estimate of drug-likeness (QED) is 0.458. The average molecular weight is 485 g/mol. The zero-order chi connectivity index (χ0) is 23.8.